The van der Waals surface area contributed by atoms with E-state index in [0.29, 0.717) is 13.1 Å². The normalized spacial score (nSPS) is 11.0. The maximum atomic E-state index is 3.99. The van der Waals surface area contributed by atoms with Crippen LogP contribution in [0.4, 0.5) is 22.7 Å². The minimum absolute atomic E-state index is 0.660. The molecule has 2 nitrogen and oxygen atoms in total. The van der Waals surface area contributed by atoms with Crippen LogP contribution < -0.4 is 9.80 Å². The van der Waals surface area contributed by atoms with Gasteiger partial charge in [-0.3, -0.25) is 0 Å². The Morgan fingerprint density at radius 1 is 0.250 bits per heavy atom. The summed E-state index contributed by atoms with van der Waals surface area (Å²) in [4.78, 5) is 4.81. The number of anilines is 4. The summed E-state index contributed by atoms with van der Waals surface area (Å²) in [6, 6.07) is 82.5. The molecule has 0 aromatic heterocycles. The zero-order valence-corrected chi connectivity index (χ0v) is 36.2. The monoisotopic (exact) mass is 900 g/mol. The molecule has 9 aromatic rings. The summed E-state index contributed by atoms with van der Waals surface area (Å²) in [6.45, 7) is 1.32. The zero-order chi connectivity index (χ0) is 40.7. The highest BCUT2D eigenvalue weighted by Crippen LogP contribution is 2.38. The van der Waals surface area contributed by atoms with Gasteiger partial charge in [-0.1, -0.05) is 202 Å². The van der Waals surface area contributed by atoms with Gasteiger partial charge in [-0.15, -0.1) is 0 Å². The molecular formula is C56H42Br2N2. The average molecular weight is 903 g/mol. The third-order valence-electron chi connectivity index (χ3n) is 11.0. The molecule has 0 spiro atoms. The summed E-state index contributed by atoms with van der Waals surface area (Å²) < 4.78 is 2.10. The Kier molecular flexibility index (Phi) is 11.8. The Labute approximate surface area is 370 Å². The first-order chi connectivity index (χ1) is 29.6. The molecule has 9 aromatic carbocycles. The molecule has 0 aliphatic carbocycles. The molecule has 290 valence electrons. The fourth-order valence-corrected chi connectivity index (χ4v) is 8.99. The molecular weight excluding hydrogens is 860 g/mol. The van der Waals surface area contributed by atoms with E-state index in [1.807, 2.05) is 0 Å². The van der Waals surface area contributed by atoms with E-state index in [9.17, 15) is 0 Å². The van der Waals surface area contributed by atoms with Crippen molar-refractivity contribution in [3.8, 4) is 44.5 Å². The molecule has 0 bridgehead atoms. The highest BCUT2D eigenvalue weighted by molar-refractivity contribution is 9.11. The number of benzene rings is 9. The molecule has 60 heavy (non-hydrogen) atoms. The van der Waals surface area contributed by atoms with Crippen LogP contribution in [0, 0.1) is 0 Å². The quantitative estimate of drug-likeness (QED) is 0.121. The van der Waals surface area contributed by atoms with E-state index in [4.69, 9.17) is 0 Å². The van der Waals surface area contributed by atoms with Crippen LogP contribution in [0.15, 0.2) is 239 Å². The van der Waals surface area contributed by atoms with E-state index >= 15 is 0 Å². The van der Waals surface area contributed by atoms with Crippen LogP contribution in [0.1, 0.15) is 11.1 Å². The molecule has 0 radical (unpaired) electrons. The van der Waals surface area contributed by atoms with Crippen molar-refractivity contribution in [2.24, 2.45) is 0 Å². The third kappa shape index (κ3) is 8.91. The first-order valence-electron chi connectivity index (χ1n) is 20.2. The van der Waals surface area contributed by atoms with Gasteiger partial charge >= 0.3 is 0 Å². The van der Waals surface area contributed by atoms with E-state index in [1.165, 1.54) is 55.6 Å². The number of halogens is 2. The summed E-state index contributed by atoms with van der Waals surface area (Å²) in [7, 11) is 0. The Hall–Kier alpha value is -6.46. The minimum atomic E-state index is 0.660. The maximum Gasteiger partial charge on any atom is 0.0493 e. The second-order valence-corrected chi connectivity index (χ2v) is 16.6. The molecule has 0 amide bonds. The van der Waals surface area contributed by atoms with Crippen molar-refractivity contribution in [1.82, 2.24) is 0 Å². The lowest BCUT2D eigenvalue weighted by molar-refractivity contribution is 0.936. The third-order valence-corrected chi connectivity index (χ3v) is 12.5. The molecule has 0 fully saturated rings. The van der Waals surface area contributed by atoms with Crippen molar-refractivity contribution in [1.29, 1.82) is 0 Å². The second-order valence-electron chi connectivity index (χ2n) is 14.9. The van der Waals surface area contributed by atoms with Gasteiger partial charge in [0, 0.05) is 44.8 Å². The Bertz CT molecular complexity index is 2420. The van der Waals surface area contributed by atoms with Crippen LogP contribution in [0.2, 0.25) is 0 Å². The molecule has 0 saturated heterocycles. The van der Waals surface area contributed by atoms with Crippen molar-refractivity contribution in [2.45, 2.75) is 13.1 Å². The van der Waals surface area contributed by atoms with Crippen molar-refractivity contribution in [3.05, 3.63) is 251 Å². The molecule has 0 saturated carbocycles. The fourth-order valence-electron chi connectivity index (χ4n) is 7.75. The van der Waals surface area contributed by atoms with Gasteiger partial charge in [0.25, 0.3) is 0 Å². The van der Waals surface area contributed by atoms with Gasteiger partial charge in [0.1, 0.15) is 0 Å². The highest BCUT2D eigenvalue weighted by Gasteiger charge is 2.18. The summed E-state index contributed by atoms with van der Waals surface area (Å²) in [6.07, 6.45) is 0. The van der Waals surface area contributed by atoms with Crippen molar-refractivity contribution < 1.29 is 0 Å². The van der Waals surface area contributed by atoms with Crippen molar-refractivity contribution >= 4 is 54.6 Å². The standard InChI is InChI=1S/C56H42Br2N2/c57-55-38-56(58)50(40-60(53-33-25-47(26-34-53)43-17-9-3-10-18-43)54-35-27-48(28-36-54)44-19-11-4-12-20-44)37-49(55)39-59(51-29-21-45(22-30-51)41-13-5-1-6-14-41)52-31-23-46(24-32-52)42-15-7-2-8-16-42/h1-38H,39-40H2. The lowest BCUT2D eigenvalue weighted by Gasteiger charge is -2.29. The second kappa shape index (κ2) is 18.2. The van der Waals surface area contributed by atoms with Gasteiger partial charge < -0.3 is 9.80 Å². The molecule has 0 N–H and O–H groups in total. The lowest BCUT2D eigenvalue weighted by atomic mass is 10.0. The molecule has 0 atom stereocenters. The molecule has 9 rings (SSSR count). The maximum absolute atomic E-state index is 3.99. The smallest absolute Gasteiger partial charge is 0.0493 e. The minimum Gasteiger partial charge on any atom is -0.337 e. The van der Waals surface area contributed by atoms with E-state index in [0.717, 1.165) is 31.7 Å². The lowest BCUT2D eigenvalue weighted by Crippen LogP contribution is -2.19. The Morgan fingerprint density at radius 3 is 0.700 bits per heavy atom. The summed E-state index contributed by atoms with van der Waals surface area (Å²) in [5, 5.41) is 0. The van der Waals surface area contributed by atoms with Gasteiger partial charge in [-0.05, 0) is 116 Å². The average Bonchev–Trinajstić information content (AvgIpc) is 3.32. The van der Waals surface area contributed by atoms with Crippen LogP contribution in [0.5, 0.6) is 0 Å². The van der Waals surface area contributed by atoms with Crippen LogP contribution >= 0.6 is 31.9 Å². The van der Waals surface area contributed by atoms with Crippen molar-refractivity contribution in [3.63, 3.8) is 0 Å². The number of hydrogen-bond acceptors (Lipinski definition) is 2. The molecule has 0 unspecified atom stereocenters. The molecule has 0 heterocycles. The van der Waals surface area contributed by atoms with E-state index in [-0.39, 0.29) is 0 Å². The van der Waals surface area contributed by atoms with Gasteiger partial charge in [0.05, 0.1) is 0 Å². The van der Waals surface area contributed by atoms with Crippen LogP contribution in [0.3, 0.4) is 0 Å². The first kappa shape index (κ1) is 39.0. The van der Waals surface area contributed by atoms with E-state index in [2.05, 4.69) is 272 Å². The van der Waals surface area contributed by atoms with E-state index in [1.54, 1.807) is 0 Å². The largest absolute Gasteiger partial charge is 0.337 e. The van der Waals surface area contributed by atoms with Crippen LogP contribution in [0.25, 0.3) is 44.5 Å². The number of rotatable bonds is 12. The van der Waals surface area contributed by atoms with Gasteiger partial charge in [-0.25, -0.2) is 0 Å². The van der Waals surface area contributed by atoms with Gasteiger partial charge in [-0.2, -0.15) is 0 Å². The first-order valence-corrected chi connectivity index (χ1v) is 21.8. The predicted molar refractivity (Wildman–Crippen MR) is 261 cm³/mol. The van der Waals surface area contributed by atoms with Crippen molar-refractivity contribution in [2.75, 3.05) is 9.80 Å². The number of nitrogens with zero attached hydrogens (tertiary/aromatic N) is 2. The van der Waals surface area contributed by atoms with Crippen LogP contribution in [-0.2, 0) is 13.1 Å². The Balaban J connectivity index is 1.07. The SMILES string of the molecule is Brc1cc(Br)c(CN(c2ccc(-c3ccccc3)cc2)c2ccc(-c3ccccc3)cc2)cc1CN(c1ccc(-c2ccccc2)cc1)c1ccc(-c2ccccc2)cc1. The van der Waals surface area contributed by atoms with Crippen LogP contribution in [-0.4, -0.2) is 0 Å². The fraction of sp³-hybridized carbons (Fsp3) is 0.0357. The molecule has 0 aliphatic rings. The van der Waals surface area contributed by atoms with E-state index < -0.39 is 0 Å². The van der Waals surface area contributed by atoms with Gasteiger partial charge in [0.15, 0.2) is 0 Å². The predicted octanol–water partition coefficient (Wildman–Crippen LogP) is 16.6. The summed E-state index contributed by atoms with van der Waals surface area (Å²) in [5.74, 6) is 0. The topological polar surface area (TPSA) is 6.48 Å². The summed E-state index contributed by atoms with van der Waals surface area (Å²) in [5.41, 5.74) is 16.5. The Morgan fingerprint density at radius 2 is 0.467 bits per heavy atom. The number of hydrogen-bond donors (Lipinski definition) is 0. The molecule has 0 aliphatic heterocycles. The van der Waals surface area contributed by atoms with Gasteiger partial charge in [0.2, 0.25) is 0 Å². The molecule has 4 heteroatoms. The zero-order valence-electron chi connectivity index (χ0n) is 33.0. The summed E-state index contributed by atoms with van der Waals surface area (Å²) >= 11 is 7.97. The highest BCUT2D eigenvalue weighted by atomic mass is 79.9.